The van der Waals surface area contributed by atoms with E-state index in [-0.39, 0.29) is 0 Å². The average Bonchev–Trinajstić information content (AvgIpc) is 2.53. The van der Waals surface area contributed by atoms with Gasteiger partial charge >= 0.3 is 0 Å². The summed E-state index contributed by atoms with van der Waals surface area (Å²) in [4.78, 5) is 0. The number of hydrogen-bond acceptors (Lipinski definition) is 4. The van der Waals surface area contributed by atoms with Crippen LogP contribution in [0.3, 0.4) is 0 Å². The van der Waals surface area contributed by atoms with Crippen LogP contribution in [-0.2, 0) is 0 Å². The number of ether oxygens (including phenoxy) is 3. The summed E-state index contributed by atoms with van der Waals surface area (Å²) in [5, 5.41) is 9.69. The first-order valence-electron chi connectivity index (χ1n) is 6.32. The topological polar surface area (TPSA) is 51.5 Å². The van der Waals surface area contributed by atoms with E-state index in [2.05, 4.69) is 6.07 Å². The fraction of sp³-hybridized carbons (Fsp3) is 0.188. The first kappa shape index (κ1) is 15.0. The van der Waals surface area contributed by atoms with Crippen LogP contribution in [0.25, 0.3) is 0 Å². The van der Waals surface area contributed by atoms with Crippen LogP contribution in [0, 0.1) is 11.3 Å². The van der Waals surface area contributed by atoms with Gasteiger partial charge in [-0.15, -0.1) is 0 Å². The summed E-state index contributed by atoms with van der Waals surface area (Å²) in [6, 6.07) is 14.2. The summed E-state index contributed by atoms with van der Waals surface area (Å²) in [5.41, 5.74) is 0.460. The highest BCUT2D eigenvalue weighted by Gasteiger charge is 2.05. The van der Waals surface area contributed by atoms with Crippen molar-refractivity contribution in [3.63, 3.8) is 0 Å². The maximum Gasteiger partial charge on any atom is 0.140 e. The smallest absolute Gasteiger partial charge is 0.140 e. The molecule has 2 aromatic carbocycles. The molecule has 0 aromatic heterocycles. The highest BCUT2D eigenvalue weighted by molar-refractivity contribution is 6.30. The van der Waals surface area contributed by atoms with Crippen molar-refractivity contribution < 1.29 is 14.2 Å². The molecule has 0 heterocycles. The van der Waals surface area contributed by atoms with Gasteiger partial charge in [0.15, 0.2) is 0 Å². The molecule has 0 aliphatic heterocycles. The molecule has 0 spiro atoms. The fourth-order valence-corrected chi connectivity index (χ4v) is 1.81. The van der Waals surface area contributed by atoms with Gasteiger partial charge in [-0.3, -0.25) is 0 Å². The van der Waals surface area contributed by atoms with Crippen molar-refractivity contribution in [3.05, 3.63) is 53.1 Å². The summed E-state index contributed by atoms with van der Waals surface area (Å²) in [6.45, 7) is 0.689. The zero-order chi connectivity index (χ0) is 15.1. The van der Waals surface area contributed by atoms with Gasteiger partial charge in [-0.2, -0.15) is 5.26 Å². The molecule has 0 saturated heterocycles. The molecular weight excluding hydrogens is 290 g/mol. The molecule has 21 heavy (non-hydrogen) atoms. The largest absolute Gasteiger partial charge is 0.497 e. The Bertz CT molecular complexity index is 635. The van der Waals surface area contributed by atoms with E-state index in [9.17, 15) is 0 Å². The predicted octanol–water partition coefficient (Wildman–Crippen LogP) is 3.68. The third-order valence-electron chi connectivity index (χ3n) is 2.73. The van der Waals surface area contributed by atoms with E-state index in [0.29, 0.717) is 41.0 Å². The molecule has 0 bridgehead atoms. The van der Waals surface area contributed by atoms with E-state index in [0.717, 1.165) is 0 Å². The molecule has 0 aliphatic carbocycles. The second kappa shape index (κ2) is 7.41. The minimum absolute atomic E-state index is 0.324. The third-order valence-corrected chi connectivity index (χ3v) is 2.98. The molecule has 0 radical (unpaired) electrons. The molecule has 2 rings (SSSR count). The third kappa shape index (κ3) is 4.30. The highest BCUT2D eigenvalue weighted by atomic mass is 35.5. The van der Waals surface area contributed by atoms with E-state index >= 15 is 0 Å². The van der Waals surface area contributed by atoms with Gasteiger partial charge in [-0.25, -0.2) is 0 Å². The number of rotatable bonds is 6. The number of hydrogen-bond donors (Lipinski definition) is 0. The zero-order valence-corrected chi connectivity index (χ0v) is 12.3. The van der Waals surface area contributed by atoms with Gasteiger partial charge in [0.25, 0.3) is 0 Å². The molecule has 108 valence electrons. The van der Waals surface area contributed by atoms with E-state index in [4.69, 9.17) is 31.1 Å². The number of methoxy groups -OCH3 is 1. The van der Waals surface area contributed by atoms with Gasteiger partial charge in [-0.1, -0.05) is 11.6 Å². The molecule has 0 N–H and O–H groups in total. The number of nitrogens with zero attached hydrogens (tertiary/aromatic N) is 1. The Hall–Kier alpha value is -2.38. The highest BCUT2D eigenvalue weighted by Crippen LogP contribution is 2.24. The fourth-order valence-electron chi connectivity index (χ4n) is 1.68. The summed E-state index contributed by atoms with van der Waals surface area (Å²) in [6.07, 6.45) is 0. The second-order valence-corrected chi connectivity index (χ2v) is 4.56. The van der Waals surface area contributed by atoms with E-state index in [1.54, 1.807) is 49.6 Å². The van der Waals surface area contributed by atoms with Crippen molar-refractivity contribution >= 4 is 11.6 Å². The Morgan fingerprint density at radius 3 is 2.33 bits per heavy atom. The summed E-state index contributed by atoms with van der Waals surface area (Å²) in [5.74, 6) is 1.84. The van der Waals surface area contributed by atoms with Crippen LogP contribution in [0.2, 0.25) is 5.02 Å². The van der Waals surface area contributed by atoms with Crippen molar-refractivity contribution in [3.8, 4) is 23.3 Å². The molecule has 2 aromatic rings. The molecule has 4 nitrogen and oxygen atoms in total. The molecule has 0 unspecified atom stereocenters. The Labute approximate surface area is 128 Å². The standard InChI is InChI=1S/C16H14ClNO3/c1-19-15-5-2-12(11-18)16(10-15)21-9-8-20-14-6-3-13(17)4-7-14/h2-7,10H,8-9H2,1H3. The minimum Gasteiger partial charge on any atom is -0.497 e. The molecule has 0 fully saturated rings. The van der Waals surface area contributed by atoms with Crippen LogP contribution < -0.4 is 14.2 Å². The van der Waals surface area contributed by atoms with E-state index in [1.807, 2.05) is 0 Å². The van der Waals surface area contributed by atoms with Gasteiger partial charge in [0.05, 0.1) is 12.7 Å². The summed E-state index contributed by atoms with van der Waals surface area (Å²) >= 11 is 5.79. The van der Waals surface area contributed by atoms with Crippen molar-refractivity contribution in [2.45, 2.75) is 0 Å². The van der Waals surface area contributed by atoms with Crippen LogP contribution >= 0.6 is 11.6 Å². The second-order valence-electron chi connectivity index (χ2n) is 4.12. The first-order chi connectivity index (χ1) is 10.2. The lowest BCUT2D eigenvalue weighted by Gasteiger charge is -2.10. The van der Waals surface area contributed by atoms with Gasteiger partial charge in [-0.05, 0) is 36.4 Å². The number of benzene rings is 2. The van der Waals surface area contributed by atoms with Crippen LogP contribution in [0.5, 0.6) is 17.2 Å². The Kier molecular flexibility index (Phi) is 5.30. The Morgan fingerprint density at radius 2 is 1.67 bits per heavy atom. The van der Waals surface area contributed by atoms with Crippen molar-refractivity contribution in [2.75, 3.05) is 20.3 Å². The Balaban J connectivity index is 1.88. The van der Waals surface area contributed by atoms with Crippen molar-refractivity contribution in [1.29, 1.82) is 5.26 Å². The van der Waals surface area contributed by atoms with Crippen LogP contribution in [0.1, 0.15) is 5.56 Å². The quantitative estimate of drug-likeness (QED) is 0.764. The van der Waals surface area contributed by atoms with Gasteiger partial charge in [0, 0.05) is 11.1 Å². The van der Waals surface area contributed by atoms with Crippen LogP contribution in [0.4, 0.5) is 0 Å². The molecule has 5 heteroatoms. The lowest BCUT2D eigenvalue weighted by atomic mass is 10.2. The van der Waals surface area contributed by atoms with E-state index < -0.39 is 0 Å². The van der Waals surface area contributed by atoms with Gasteiger partial charge < -0.3 is 14.2 Å². The normalized spacial score (nSPS) is 9.76. The summed E-state index contributed by atoms with van der Waals surface area (Å²) in [7, 11) is 1.56. The number of nitriles is 1. The lowest BCUT2D eigenvalue weighted by Crippen LogP contribution is -2.09. The van der Waals surface area contributed by atoms with Crippen molar-refractivity contribution in [2.24, 2.45) is 0 Å². The zero-order valence-electron chi connectivity index (χ0n) is 11.5. The minimum atomic E-state index is 0.324. The van der Waals surface area contributed by atoms with Crippen LogP contribution in [-0.4, -0.2) is 20.3 Å². The van der Waals surface area contributed by atoms with E-state index in [1.165, 1.54) is 0 Å². The monoisotopic (exact) mass is 303 g/mol. The molecule has 0 saturated carbocycles. The van der Waals surface area contributed by atoms with Gasteiger partial charge in [0.2, 0.25) is 0 Å². The molecule has 0 amide bonds. The maximum absolute atomic E-state index is 9.03. The molecule has 0 aliphatic rings. The molecule has 0 atom stereocenters. The predicted molar refractivity (Wildman–Crippen MR) is 80.2 cm³/mol. The first-order valence-corrected chi connectivity index (χ1v) is 6.70. The Morgan fingerprint density at radius 1 is 1.00 bits per heavy atom. The maximum atomic E-state index is 9.03. The number of halogens is 1. The SMILES string of the molecule is COc1ccc(C#N)c(OCCOc2ccc(Cl)cc2)c1. The van der Waals surface area contributed by atoms with Crippen LogP contribution in [0.15, 0.2) is 42.5 Å². The average molecular weight is 304 g/mol. The van der Waals surface area contributed by atoms with Crippen molar-refractivity contribution in [1.82, 2.24) is 0 Å². The summed E-state index contributed by atoms with van der Waals surface area (Å²) < 4.78 is 16.2. The lowest BCUT2D eigenvalue weighted by molar-refractivity contribution is 0.216. The van der Waals surface area contributed by atoms with Gasteiger partial charge in [0.1, 0.15) is 36.5 Å². The molecular formula is C16H14ClNO3.